The van der Waals surface area contributed by atoms with Gasteiger partial charge in [-0.15, -0.1) is 0 Å². The Balaban J connectivity index is 2.34. The van der Waals surface area contributed by atoms with Gasteiger partial charge in [-0.25, -0.2) is 0 Å². The van der Waals surface area contributed by atoms with Crippen LogP contribution in [0.4, 0.5) is 0 Å². The van der Waals surface area contributed by atoms with Crippen LogP contribution in [-0.2, 0) is 4.79 Å². The van der Waals surface area contributed by atoms with Crippen molar-refractivity contribution in [2.75, 3.05) is 12.0 Å². The second-order valence-corrected chi connectivity index (χ2v) is 4.15. The van der Waals surface area contributed by atoms with Gasteiger partial charge in [-0.3, -0.25) is 4.79 Å². The van der Waals surface area contributed by atoms with Crippen molar-refractivity contribution in [3.63, 3.8) is 0 Å². The molecule has 0 bridgehead atoms. The predicted octanol–water partition coefficient (Wildman–Crippen LogP) is 2.10. The summed E-state index contributed by atoms with van der Waals surface area (Å²) < 4.78 is 0. The molecule has 0 saturated heterocycles. The van der Waals surface area contributed by atoms with Gasteiger partial charge in [0.25, 0.3) is 5.91 Å². The number of hydrogen-bond acceptors (Lipinski definition) is 3. The highest BCUT2D eigenvalue weighted by Gasteiger charge is 2.11. The van der Waals surface area contributed by atoms with E-state index in [0.29, 0.717) is 5.75 Å². The molecule has 0 spiro atoms. The van der Waals surface area contributed by atoms with Crippen LogP contribution in [0.3, 0.4) is 0 Å². The van der Waals surface area contributed by atoms with E-state index in [1.165, 1.54) is 0 Å². The molecule has 0 heterocycles. The Kier molecular flexibility index (Phi) is 5.04. The van der Waals surface area contributed by atoms with E-state index in [4.69, 9.17) is 4.84 Å². The molecule has 0 aliphatic heterocycles. The van der Waals surface area contributed by atoms with Gasteiger partial charge in [0, 0.05) is 11.7 Å². The first-order valence-electron chi connectivity index (χ1n) is 4.74. The third kappa shape index (κ3) is 4.25. The highest BCUT2D eigenvalue weighted by Crippen LogP contribution is 2.08. The molecule has 1 unspecified atom stereocenters. The molecule has 0 radical (unpaired) electrons. The molecule has 1 aromatic carbocycles. The van der Waals surface area contributed by atoms with Crippen LogP contribution in [0, 0.1) is 5.92 Å². The molecule has 4 heteroatoms. The summed E-state index contributed by atoms with van der Waals surface area (Å²) in [5, 5.41) is 0. The minimum Gasteiger partial charge on any atom is -0.380 e. The van der Waals surface area contributed by atoms with Gasteiger partial charge >= 0.3 is 0 Å². The van der Waals surface area contributed by atoms with Crippen LogP contribution < -0.4 is 10.3 Å². The summed E-state index contributed by atoms with van der Waals surface area (Å²) in [5.41, 5.74) is 2.43. The van der Waals surface area contributed by atoms with Crippen LogP contribution in [0.15, 0.2) is 30.3 Å². The van der Waals surface area contributed by atoms with E-state index in [1.807, 2.05) is 31.4 Å². The number of nitrogens with one attached hydrogen (secondary N) is 1. The smallest absolute Gasteiger partial charge is 0.256 e. The molecule has 0 saturated carbocycles. The van der Waals surface area contributed by atoms with Gasteiger partial charge in [-0.05, 0) is 18.4 Å². The third-order valence-electron chi connectivity index (χ3n) is 1.88. The molecule has 1 N–H and O–H groups in total. The standard InChI is InChI=1S/C11H15NO2S/c1-9(8-15-2)11(13)12-14-10-6-4-3-5-7-10/h3-7,9H,8H2,1-2H3,(H,12,13). The van der Waals surface area contributed by atoms with E-state index >= 15 is 0 Å². The lowest BCUT2D eigenvalue weighted by molar-refractivity contribution is -0.130. The molecule has 1 aromatic rings. The number of carbonyl (C=O) groups is 1. The van der Waals surface area contributed by atoms with E-state index in [1.54, 1.807) is 23.9 Å². The molecule has 0 aliphatic rings. The largest absolute Gasteiger partial charge is 0.380 e. The zero-order valence-corrected chi connectivity index (χ0v) is 9.71. The van der Waals surface area contributed by atoms with Crippen LogP contribution in [0.5, 0.6) is 5.75 Å². The lowest BCUT2D eigenvalue weighted by Crippen LogP contribution is -2.33. The average Bonchev–Trinajstić information content (AvgIpc) is 2.27. The second-order valence-electron chi connectivity index (χ2n) is 3.24. The minimum atomic E-state index is -0.0896. The van der Waals surface area contributed by atoms with Gasteiger partial charge in [0.05, 0.1) is 0 Å². The van der Waals surface area contributed by atoms with Crippen molar-refractivity contribution in [2.45, 2.75) is 6.92 Å². The zero-order chi connectivity index (χ0) is 11.1. The van der Waals surface area contributed by atoms with Crippen LogP contribution >= 0.6 is 11.8 Å². The van der Waals surface area contributed by atoms with E-state index < -0.39 is 0 Å². The van der Waals surface area contributed by atoms with Crippen LogP contribution in [-0.4, -0.2) is 17.9 Å². The summed E-state index contributed by atoms with van der Waals surface area (Å²) >= 11 is 1.64. The molecular formula is C11H15NO2S. The normalized spacial score (nSPS) is 11.9. The Morgan fingerprint density at radius 3 is 2.73 bits per heavy atom. The number of amides is 1. The zero-order valence-electron chi connectivity index (χ0n) is 8.90. The highest BCUT2D eigenvalue weighted by molar-refractivity contribution is 7.98. The monoisotopic (exact) mass is 225 g/mol. The lowest BCUT2D eigenvalue weighted by Gasteiger charge is -2.11. The summed E-state index contributed by atoms with van der Waals surface area (Å²) in [4.78, 5) is 16.6. The van der Waals surface area contributed by atoms with Crippen LogP contribution in [0.2, 0.25) is 0 Å². The molecule has 82 valence electrons. The summed E-state index contributed by atoms with van der Waals surface area (Å²) in [6, 6.07) is 9.18. The van der Waals surface area contributed by atoms with Gasteiger partial charge in [0.15, 0.2) is 5.75 Å². The highest BCUT2D eigenvalue weighted by atomic mass is 32.2. The quantitative estimate of drug-likeness (QED) is 0.780. The molecule has 1 amide bonds. The first kappa shape index (κ1) is 11.9. The van der Waals surface area contributed by atoms with Gasteiger partial charge < -0.3 is 4.84 Å². The SMILES string of the molecule is CSCC(C)C(=O)NOc1ccccc1. The van der Waals surface area contributed by atoms with Gasteiger partial charge in [0.1, 0.15) is 0 Å². The van der Waals surface area contributed by atoms with Crippen molar-refractivity contribution < 1.29 is 9.63 Å². The first-order chi connectivity index (χ1) is 7.24. The van der Waals surface area contributed by atoms with Crippen molar-refractivity contribution in [1.82, 2.24) is 5.48 Å². The Morgan fingerprint density at radius 2 is 2.13 bits per heavy atom. The van der Waals surface area contributed by atoms with Crippen molar-refractivity contribution in [3.8, 4) is 5.75 Å². The number of carbonyl (C=O) groups excluding carboxylic acids is 1. The lowest BCUT2D eigenvalue weighted by atomic mass is 10.2. The number of hydrogen-bond donors (Lipinski definition) is 1. The fourth-order valence-electron chi connectivity index (χ4n) is 1.02. The number of thioether (sulfide) groups is 1. The van der Waals surface area contributed by atoms with Gasteiger partial charge in [-0.1, -0.05) is 25.1 Å². The molecule has 15 heavy (non-hydrogen) atoms. The number of benzene rings is 1. The van der Waals surface area contributed by atoms with E-state index in [-0.39, 0.29) is 11.8 Å². The first-order valence-corrected chi connectivity index (χ1v) is 6.14. The van der Waals surface area contributed by atoms with Crippen molar-refractivity contribution in [1.29, 1.82) is 0 Å². The summed E-state index contributed by atoms with van der Waals surface area (Å²) in [7, 11) is 0. The van der Waals surface area contributed by atoms with Crippen molar-refractivity contribution in [2.24, 2.45) is 5.92 Å². The fraction of sp³-hybridized carbons (Fsp3) is 0.364. The fourth-order valence-corrected chi connectivity index (χ4v) is 1.68. The maximum absolute atomic E-state index is 11.5. The van der Waals surface area contributed by atoms with E-state index in [0.717, 1.165) is 5.75 Å². The molecule has 1 rings (SSSR count). The van der Waals surface area contributed by atoms with Crippen LogP contribution in [0.1, 0.15) is 6.92 Å². The Bertz CT molecular complexity index is 303. The summed E-state index contributed by atoms with van der Waals surface area (Å²) in [5.74, 6) is 1.31. The average molecular weight is 225 g/mol. The van der Waals surface area contributed by atoms with Gasteiger partial charge in [0.2, 0.25) is 0 Å². The molecule has 0 fully saturated rings. The van der Waals surface area contributed by atoms with E-state index in [2.05, 4.69) is 5.48 Å². The molecule has 0 aliphatic carbocycles. The molecule has 0 aromatic heterocycles. The topological polar surface area (TPSA) is 38.3 Å². The second kappa shape index (κ2) is 6.35. The molecular weight excluding hydrogens is 210 g/mol. The molecule has 3 nitrogen and oxygen atoms in total. The van der Waals surface area contributed by atoms with Gasteiger partial charge in [-0.2, -0.15) is 17.2 Å². The number of hydroxylamine groups is 1. The van der Waals surface area contributed by atoms with Crippen LogP contribution in [0.25, 0.3) is 0 Å². The van der Waals surface area contributed by atoms with Crippen molar-refractivity contribution >= 4 is 17.7 Å². The Morgan fingerprint density at radius 1 is 1.47 bits per heavy atom. The maximum Gasteiger partial charge on any atom is 0.256 e. The summed E-state index contributed by atoms with van der Waals surface area (Å²) in [6.45, 7) is 1.88. The molecule has 1 atom stereocenters. The number of para-hydroxylation sites is 1. The Hall–Kier alpha value is -1.16. The number of rotatable bonds is 5. The van der Waals surface area contributed by atoms with E-state index in [9.17, 15) is 4.79 Å². The summed E-state index contributed by atoms with van der Waals surface area (Å²) in [6.07, 6.45) is 1.97. The van der Waals surface area contributed by atoms with Crippen molar-refractivity contribution in [3.05, 3.63) is 30.3 Å². The maximum atomic E-state index is 11.5. The third-order valence-corrected chi connectivity index (χ3v) is 2.71. The Labute approximate surface area is 94.2 Å². The predicted molar refractivity (Wildman–Crippen MR) is 62.8 cm³/mol. The minimum absolute atomic E-state index is 0.0382.